The molecule has 0 radical (unpaired) electrons. The maximum absolute atomic E-state index is 13.5. The minimum absolute atomic E-state index is 0.0100. The Morgan fingerprint density at radius 1 is 1.04 bits per heavy atom. The van der Waals surface area contributed by atoms with E-state index in [1.54, 1.807) is 62.4 Å². The van der Waals surface area contributed by atoms with Crippen LogP contribution in [0.2, 0.25) is 0 Å². The molecule has 0 aliphatic carbocycles. The van der Waals surface area contributed by atoms with Crippen molar-refractivity contribution >= 4 is 50.0 Å². The second-order valence-corrected chi connectivity index (χ2v) is 11.5. The number of allylic oxidation sites excluding steroid dienone is 1. The van der Waals surface area contributed by atoms with Crippen LogP contribution in [-0.2, 0) is 24.3 Å². The number of carbonyl (C=O) groups is 3. The Labute approximate surface area is 260 Å². The molecule has 0 atom stereocenters. The van der Waals surface area contributed by atoms with Gasteiger partial charge in [-0.15, -0.1) is 15.3 Å². The van der Waals surface area contributed by atoms with Crippen molar-refractivity contribution in [2.45, 2.75) is 25.1 Å². The summed E-state index contributed by atoms with van der Waals surface area (Å²) in [4.78, 5) is 39.0. The van der Waals surface area contributed by atoms with Crippen LogP contribution in [-0.4, -0.2) is 64.6 Å². The summed E-state index contributed by atoms with van der Waals surface area (Å²) in [6.45, 7) is 4.52. The number of hydrogen-bond donors (Lipinski definition) is 3. The molecule has 1 amide bonds. The van der Waals surface area contributed by atoms with Gasteiger partial charge >= 0.3 is 11.9 Å². The highest BCUT2D eigenvalue weighted by atomic mass is 32.2. The number of carbonyl (C=O) groups excluding carboxylic acids is 3. The van der Waals surface area contributed by atoms with Crippen LogP contribution in [0.15, 0.2) is 80.6 Å². The molecule has 2 aromatic heterocycles. The highest BCUT2D eigenvalue weighted by Gasteiger charge is 2.31. The number of hydrogen-bond acceptors (Lipinski definition) is 14. The van der Waals surface area contributed by atoms with Crippen molar-refractivity contribution in [3.63, 3.8) is 0 Å². The maximum Gasteiger partial charge on any atom is 0.362 e. The van der Waals surface area contributed by atoms with Gasteiger partial charge < -0.3 is 14.6 Å². The van der Waals surface area contributed by atoms with Gasteiger partial charge in [-0.05, 0) is 39.0 Å². The first-order chi connectivity index (χ1) is 21.4. The number of primary sulfonamides is 1. The second kappa shape index (κ2) is 14.0. The largest absolute Gasteiger partial charge is 0.510 e. The highest BCUT2D eigenvalue weighted by Crippen LogP contribution is 2.32. The van der Waals surface area contributed by atoms with E-state index < -0.39 is 43.7 Å². The lowest BCUT2D eigenvalue weighted by molar-refractivity contribution is -0.138. The van der Waals surface area contributed by atoms with Crippen LogP contribution in [0.1, 0.15) is 41.6 Å². The highest BCUT2D eigenvalue weighted by molar-refractivity contribution is 7.91. The average molecular weight is 655 g/mol. The minimum Gasteiger partial charge on any atom is -0.510 e. The third kappa shape index (κ3) is 7.61. The molecule has 0 aliphatic rings. The minimum atomic E-state index is -4.17. The van der Waals surface area contributed by atoms with Crippen LogP contribution < -0.4 is 10.5 Å². The summed E-state index contributed by atoms with van der Waals surface area (Å²) in [5.41, 5.74) is 0.284. The lowest BCUT2D eigenvalue weighted by atomic mass is 10.0. The second-order valence-electron chi connectivity index (χ2n) is 8.82. The number of esters is 2. The third-order valence-electron chi connectivity index (χ3n) is 5.65. The molecule has 45 heavy (non-hydrogen) atoms. The molecule has 4 N–H and O–H groups in total. The number of nitrogens with two attached hydrogens (primary N) is 1. The summed E-state index contributed by atoms with van der Waals surface area (Å²) in [6, 6.07) is 14.9. The van der Waals surface area contributed by atoms with Crippen LogP contribution in [0.3, 0.4) is 0 Å². The van der Waals surface area contributed by atoms with E-state index in [4.69, 9.17) is 14.6 Å². The van der Waals surface area contributed by atoms with Crippen LogP contribution in [0.5, 0.6) is 0 Å². The number of benzene rings is 2. The fourth-order valence-electron chi connectivity index (χ4n) is 3.81. The van der Waals surface area contributed by atoms with Gasteiger partial charge in [0.2, 0.25) is 15.2 Å². The van der Waals surface area contributed by atoms with Gasteiger partial charge in [0.15, 0.2) is 5.69 Å². The molecule has 0 aliphatic heterocycles. The number of aromatic nitrogens is 4. The number of nitrogens with zero attached hydrogens (tertiary/aromatic N) is 6. The molecule has 0 unspecified atom stereocenters. The topological polar surface area (TPSA) is 230 Å². The first kappa shape index (κ1) is 32.6. The number of aliphatic hydroxyl groups is 1. The summed E-state index contributed by atoms with van der Waals surface area (Å²) in [6.07, 6.45) is 0. The maximum atomic E-state index is 13.5. The van der Waals surface area contributed by atoms with E-state index >= 15 is 0 Å². The SMILES string of the molecule is CCOC(=O)/C(N=Nc1cccc(-n2nc(C(=O)Nc3nnc(S(N)(=O)=O)s3)c(C(=O)OCC)c2-c2ccccc2)c1)=C(/C)O. The van der Waals surface area contributed by atoms with E-state index in [9.17, 15) is 27.9 Å². The van der Waals surface area contributed by atoms with Gasteiger partial charge in [-0.2, -0.15) is 10.2 Å². The summed E-state index contributed by atoms with van der Waals surface area (Å²) in [7, 11) is -4.17. The van der Waals surface area contributed by atoms with Gasteiger partial charge in [-0.1, -0.05) is 47.7 Å². The van der Waals surface area contributed by atoms with Crippen molar-refractivity contribution in [3.8, 4) is 16.9 Å². The van der Waals surface area contributed by atoms with E-state index in [-0.39, 0.29) is 41.0 Å². The Balaban J connectivity index is 1.86. The fraction of sp³-hybridized carbons (Fsp3) is 0.185. The molecule has 4 aromatic rings. The number of anilines is 1. The fourth-order valence-corrected chi connectivity index (χ4v) is 5.14. The van der Waals surface area contributed by atoms with Crippen molar-refractivity contribution in [1.29, 1.82) is 0 Å². The monoisotopic (exact) mass is 654 g/mol. The normalized spacial score (nSPS) is 12.1. The number of azo groups is 1. The number of sulfonamides is 1. The Kier molecular flexibility index (Phi) is 10.1. The number of rotatable bonds is 11. The molecule has 18 heteroatoms. The molecule has 2 heterocycles. The summed E-state index contributed by atoms with van der Waals surface area (Å²) in [5.74, 6) is -3.02. The van der Waals surface area contributed by atoms with Gasteiger partial charge in [0.25, 0.3) is 15.9 Å². The lowest BCUT2D eigenvalue weighted by Crippen LogP contribution is -2.17. The zero-order valence-electron chi connectivity index (χ0n) is 24.0. The molecular formula is C27H26N8O8S2. The van der Waals surface area contributed by atoms with Crippen LogP contribution in [0.25, 0.3) is 16.9 Å². The van der Waals surface area contributed by atoms with E-state index in [1.165, 1.54) is 17.7 Å². The predicted octanol–water partition coefficient (Wildman–Crippen LogP) is 3.90. The molecular weight excluding hydrogens is 628 g/mol. The zero-order chi connectivity index (χ0) is 32.7. The predicted molar refractivity (Wildman–Crippen MR) is 161 cm³/mol. The lowest BCUT2D eigenvalue weighted by Gasteiger charge is -2.10. The molecule has 0 fully saturated rings. The average Bonchev–Trinajstić information content (AvgIpc) is 3.64. The van der Waals surface area contributed by atoms with Gasteiger partial charge in [0.05, 0.1) is 30.3 Å². The van der Waals surface area contributed by atoms with Crippen LogP contribution >= 0.6 is 11.3 Å². The number of amides is 1. The molecule has 0 spiro atoms. The van der Waals surface area contributed by atoms with Crippen molar-refractivity contribution in [2.75, 3.05) is 18.5 Å². The quantitative estimate of drug-likeness (QED) is 0.0690. The van der Waals surface area contributed by atoms with Crippen molar-refractivity contribution in [3.05, 3.63) is 77.3 Å². The molecule has 0 saturated carbocycles. The Morgan fingerprint density at radius 3 is 2.38 bits per heavy atom. The van der Waals surface area contributed by atoms with Crippen molar-refractivity contribution in [2.24, 2.45) is 15.4 Å². The van der Waals surface area contributed by atoms with Crippen LogP contribution in [0.4, 0.5) is 10.8 Å². The van der Waals surface area contributed by atoms with E-state index in [1.807, 2.05) is 0 Å². The molecule has 0 saturated heterocycles. The first-order valence-electron chi connectivity index (χ1n) is 13.1. The summed E-state index contributed by atoms with van der Waals surface area (Å²) >= 11 is 0.513. The van der Waals surface area contributed by atoms with Crippen LogP contribution in [0, 0.1) is 0 Å². The smallest absolute Gasteiger partial charge is 0.362 e. The third-order valence-corrected chi connectivity index (χ3v) is 7.80. The molecule has 2 aromatic carbocycles. The van der Waals surface area contributed by atoms with E-state index in [2.05, 4.69) is 30.8 Å². The Morgan fingerprint density at radius 2 is 1.76 bits per heavy atom. The molecule has 0 bridgehead atoms. The first-order valence-corrected chi connectivity index (χ1v) is 15.4. The molecule has 234 valence electrons. The zero-order valence-corrected chi connectivity index (χ0v) is 25.6. The summed E-state index contributed by atoms with van der Waals surface area (Å²) < 4.78 is 34.2. The van der Waals surface area contributed by atoms with Gasteiger partial charge in [0.1, 0.15) is 11.3 Å². The number of ether oxygens (including phenoxy) is 2. The van der Waals surface area contributed by atoms with Gasteiger partial charge in [-0.3, -0.25) is 10.1 Å². The summed E-state index contributed by atoms with van der Waals surface area (Å²) in [5, 5.41) is 36.6. The Hall–Kier alpha value is -5.33. The van der Waals surface area contributed by atoms with E-state index in [0.717, 1.165) is 0 Å². The van der Waals surface area contributed by atoms with Gasteiger partial charge in [0, 0.05) is 5.56 Å². The van der Waals surface area contributed by atoms with Crippen molar-refractivity contribution in [1.82, 2.24) is 20.0 Å². The van der Waals surface area contributed by atoms with Gasteiger partial charge in [-0.25, -0.2) is 27.8 Å². The standard InChI is InChI=1S/C27H26N8O8S2/c1-4-42-24(38)19-21(23(37)29-26-32-33-27(44-26)45(28,40)41)34-35(22(19)16-10-7-6-8-11-16)18-13-9-12-17(14-18)30-31-20(15(3)36)25(39)43-5-2/h6-14,36H,4-5H2,1-3H3,(H2,28,40,41)(H,29,32,37)/b20-15+,31-30?. The van der Waals surface area contributed by atoms with Crippen molar-refractivity contribution < 1.29 is 37.4 Å². The van der Waals surface area contributed by atoms with E-state index in [0.29, 0.717) is 22.6 Å². The number of nitrogens with one attached hydrogen (secondary N) is 1. The molecule has 16 nitrogen and oxygen atoms in total. The Bertz CT molecular complexity index is 1910. The number of aliphatic hydroxyl groups excluding tert-OH is 1. The molecule has 4 rings (SSSR count).